The monoisotopic (exact) mass is 327 g/mol. The predicted molar refractivity (Wildman–Crippen MR) is 92.4 cm³/mol. The van der Waals surface area contributed by atoms with E-state index in [4.69, 9.17) is 4.74 Å². The normalized spacial score (nSPS) is 11.5. The summed E-state index contributed by atoms with van der Waals surface area (Å²) in [6, 6.07) is 12.3. The number of amides is 1. The molecule has 5 nitrogen and oxygen atoms in total. The van der Waals surface area contributed by atoms with E-state index in [0.717, 1.165) is 16.8 Å². The SMILES string of the molecule is COC(=O)c1ccc(OC(C)C(=O)Nc2ccc(C)cc2C)cc1. The molecule has 5 heteroatoms. The maximum absolute atomic E-state index is 12.3. The third-order valence-electron chi connectivity index (χ3n) is 3.60. The Labute approximate surface area is 141 Å². The summed E-state index contributed by atoms with van der Waals surface area (Å²) in [5, 5.41) is 2.86. The number of anilines is 1. The van der Waals surface area contributed by atoms with Crippen molar-refractivity contribution in [2.24, 2.45) is 0 Å². The standard InChI is InChI=1S/C19H21NO4/c1-12-5-10-17(13(2)11-12)20-18(21)14(3)24-16-8-6-15(7-9-16)19(22)23-4/h5-11,14H,1-4H3,(H,20,21). The topological polar surface area (TPSA) is 64.6 Å². The van der Waals surface area contributed by atoms with Crippen LogP contribution >= 0.6 is 0 Å². The fourth-order valence-corrected chi connectivity index (χ4v) is 2.23. The highest BCUT2D eigenvalue weighted by Crippen LogP contribution is 2.18. The van der Waals surface area contributed by atoms with Gasteiger partial charge in [-0.05, 0) is 56.7 Å². The molecule has 0 saturated carbocycles. The van der Waals surface area contributed by atoms with Crippen molar-refractivity contribution in [3.05, 3.63) is 59.2 Å². The Morgan fingerprint density at radius 3 is 2.29 bits per heavy atom. The molecule has 0 aliphatic rings. The number of hydrogen-bond acceptors (Lipinski definition) is 4. The van der Waals surface area contributed by atoms with E-state index in [9.17, 15) is 9.59 Å². The zero-order valence-electron chi connectivity index (χ0n) is 14.3. The molecule has 0 radical (unpaired) electrons. The number of aryl methyl sites for hydroxylation is 2. The van der Waals surface area contributed by atoms with Gasteiger partial charge in [0.05, 0.1) is 12.7 Å². The van der Waals surface area contributed by atoms with Crippen molar-refractivity contribution in [3.63, 3.8) is 0 Å². The van der Waals surface area contributed by atoms with E-state index in [0.29, 0.717) is 11.3 Å². The lowest BCUT2D eigenvalue weighted by Crippen LogP contribution is -2.30. The number of carbonyl (C=O) groups is 2. The van der Waals surface area contributed by atoms with Crippen molar-refractivity contribution in [3.8, 4) is 5.75 Å². The highest BCUT2D eigenvalue weighted by atomic mass is 16.5. The van der Waals surface area contributed by atoms with Gasteiger partial charge in [-0.2, -0.15) is 0 Å². The van der Waals surface area contributed by atoms with Gasteiger partial charge >= 0.3 is 5.97 Å². The lowest BCUT2D eigenvalue weighted by Gasteiger charge is -2.16. The molecular weight excluding hydrogens is 306 g/mol. The number of benzene rings is 2. The molecule has 1 amide bonds. The molecule has 2 aromatic carbocycles. The van der Waals surface area contributed by atoms with Crippen molar-refractivity contribution >= 4 is 17.6 Å². The van der Waals surface area contributed by atoms with Crippen LogP contribution in [-0.4, -0.2) is 25.1 Å². The van der Waals surface area contributed by atoms with E-state index in [1.165, 1.54) is 7.11 Å². The van der Waals surface area contributed by atoms with Gasteiger partial charge in [-0.3, -0.25) is 4.79 Å². The first-order valence-electron chi connectivity index (χ1n) is 7.64. The zero-order valence-corrected chi connectivity index (χ0v) is 14.3. The Bertz CT molecular complexity index is 738. The minimum absolute atomic E-state index is 0.237. The second-order valence-corrected chi connectivity index (χ2v) is 5.58. The lowest BCUT2D eigenvalue weighted by molar-refractivity contribution is -0.122. The maximum Gasteiger partial charge on any atom is 0.337 e. The minimum atomic E-state index is -0.672. The molecule has 0 aliphatic carbocycles. The molecule has 24 heavy (non-hydrogen) atoms. The second-order valence-electron chi connectivity index (χ2n) is 5.58. The summed E-state index contributed by atoms with van der Waals surface area (Å²) in [5.41, 5.74) is 3.33. The van der Waals surface area contributed by atoms with Crippen LogP contribution in [0.2, 0.25) is 0 Å². The molecule has 1 atom stereocenters. The van der Waals surface area contributed by atoms with Gasteiger partial charge in [-0.1, -0.05) is 17.7 Å². The van der Waals surface area contributed by atoms with Crippen LogP contribution in [0.4, 0.5) is 5.69 Å². The van der Waals surface area contributed by atoms with Gasteiger partial charge in [0.25, 0.3) is 5.91 Å². The Balaban J connectivity index is 1.99. The van der Waals surface area contributed by atoms with E-state index in [2.05, 4.69) is 10.1 Å². The number of carbonyl (C=O) groups excluding carboxylic acids is 2. The van der Waals surface area contributed by atoms with E-state index in [1.807, 2.05) is 32.0 Å². The number of ether oxygens (including phenoxy) is 2. The largest absolute Gasteiger partial charge is 0.481 e. The molecule has 0 aliphatic heterocycles. The third-order valence-corrected chi connectivity index (χ3v) is 3.60. The third kappa shape index (κ3) is 4.35. The minimum Gasteiger partial charge on any atom is -0.481 e. The van der Waals surface area contributed by atoms with Gasteiger partial charge in [0.2, 0.25) is 0 Å². The van der Waals surface area contributed by atoms with Gasteiger partial charge < -0.3 is 14.8 Å². The van der Waals surface area contributed by atoms with Gasteiger partial charge in [0.1, 0.15) is 5.75 Å². The van der Waals surface area contributed by atoms with E-state index in [-0.39, 0.29) is 5.91 Å². The first-order valence-corrected chi connectivity index (χ1v) is 7.64. The van der Waals surface area contributed by atoms with Gasteiger partial charge in [-0.15, -0.1) is 0 Å². The van der Waals surface area contributed by atoms with E-state index in [1.54, 1.807) is 31.2 Å². The quantitative estimate of drug-likeness (QED) is 0.854. The second kappa shape index (κ2) is 7.64. The molecule has 2 aromatic rings. The highest BCUT2D eigenvalue weighted by Gasteiger charge is 2.16. The Kier molecular flexibility index (Phi) is 5.58. The van der Waals surface area contributed by atoms with Gasteiger partial charge in [0, 0.05) is 5.69 Å². The summed E-state index contributed by atoms with van der Waals surface area (Å²) >= 11 is 0. The van der Waals surface area contributed by atoms with Crippen molar-refractivity contribution < 1.29 is 19.1 Å². The molecule has 0 spiro atoms. The number of nitrogens with one attached hydrogen (secondary N) is 1. The number of methoxy groups -OCH3 is 1. The Morgan fingerprint density at radius 1 is 1.04 bits per heavy atom. The summed E-state index contributed by atoms with van der Waals surface area (Å²) in [6.07, 6.45) is -0.672. The average molecular weight is 327 g/mol. The first-order chi connectivity index (χ1) is 11.4. The molecule has 0 heterocycles. The van der Waals surface area contributed by atoms with Crippen LogP contribution in [0.3, 0.4) is 0 Å². The van der Waals surface area contributed by atoms with Gasteiger partial charge in [-0.25, -0.2) is 4.79 Å². The molecule has 0 bridgehead atoms. The first kappa shape index (κ1) is 17.5. The van der Waals surface area contributed by atoms with Crippen molar-refractivity contribution in [2.45, 2.75) is 26.9 Å². The smallest absolute Gasteiger partial charge is 0.337 e. The summed E-state index contributed by atoms with van der Waals surface area (Å²) in [4.78, 5) is 23.7. The van der Waals surface area contributed by atoms with Crippen molar-refractivity contribution in [2.75, 3.05) is 12.4 Å². The van der Waals surface area contributed by atoms with Crippen LogP contribution in [-0.2, 0) is 9.53 Å². The van der Waals surface area contributed by atoms with Crippen LogP contribution < -0.4 is 10.1 Å². The summed E-state index contributed by atoms with van der Waals surface area (Å²) < 4.78 is 10.3. The Hall–Kier alpha value is -2.82. The van der Waals surface area contributed by atoms with Crippen LogP contribution in [0.15, 0.2) is 42.5 Å². The van der Waals surface area contributed by atoms with Crippen LogP contribution in [0, 0.1) is 13.8 Å². The lowest BCUT2D eigenvalue weighted by atomic mass is 10.1. The van der Waals surface area contributed by atoms with Crippen LogP contribution in [0.1, 0.15) is 28.4 Å². The summed E-state index contributed by atoms with van der Waals surface area (Å²) in [6.45, 7) is 5.62. The average Bonchev–Trinajstić information content (AvgIpc) is 2.57. The van der Waals surface area contributed by atoms with Crippen LogP contribution in [0.5, 0.6) is 5.75 Å². The summed E-state index contributed by atoms with van der Waals surface area (Å²) in [5.74, 6) is -0.146. The molecule has 0 saturated heterocycles. The van der Waals surface area contributed by atoms with E-state index < -0.39 is 12.1 Å². The molecule has 1 unspecified atom stereocenters. The fourth-order valence-electron chi connectivity index (χ4n) is 2.23. The highest BCUT2D eigenvalue weighted by molar-refractivity contribution is 5.94. The molecule has 1 N–H and O–H groups in total. The van der Waals surface area contributed by atoms with Crippen molar-refractivity contribution in [1.82, 2.24) is 0 Å². The molecular formula is C19H21NO4. The number of hydrogen-bond donors (Lipinski definition) is 1. The number of esters is 1. The van der Waals surface area contributed by atoms with Gasteiger partial charge in [0.15, 0.2) is 6.10 Å². The number of rotatable bonds is 5. The zero-order chi connectivity index (χ0) is 17.7. The van der Waals surface area contributed by atoms with Crippen molar-refractivity contribution in [1.29, 1.82) is 0 Å². The predicted octanol–water partition coefficient (Wildman–Crippen LogP) is 3.50. The van der Waals surface area contributed by atoms with E-state index >= 15 is 0 Å². The Morgan fingerprint density at radius 2 is 1.71 bits per heavy atom. The molecule has 0 aromatic heterocycles. The summed E-state index contributed by atoms with van der Waals surface area (Å²) in [7, 11) is 1.33. The maximum atomic E-state index is 12.3. The molecule has 2 rings (SSSR count). The fraction of sp³-hybridized carbons (Fsp3) is 0.263. The molecule has 126 valence electrons. The van der Waals surface area contributed by atoms with Crippen LogP contribution in [0.25, 0.3) is 0 Å². The molecule has 0 fully saturated rings.